The molecule has 1 fully saturated rings. The fourth-order valence-corrected chi connectivity index (χ4v) is 2.18. The Morgan fingerprint density at radius 3 is 2.76 bits per heavy atom. The van der Waals surface area contributed by atoms with Gasteiger partial charge in [-0.05, 0) is 31.1 Å². The molecule has 1 aliphatic carbocycles. The van der Waals surface area contributed by atoms with Gasteiger partial charge in [0.2, 0.25) is 0 Å². The molecule has 0 bridgehead atoms. The van der Waals surface area contributed by atoms with Crippen LogP contribution in [0.25, 0.3) is 6.08 Å². The van der Waals surface area contributed by atoms with Gasteiger partial charge in [0, 0.05) is 12.1 Å². The zero-order valence-corrected chi connectivity index (χ0v) is 9.60. The van der Waals surface area contributed by atoms with Crippen LogP contribution in [0.4, 0.5) is 0 Å². The molecule has 0 spiro atoms. The van der Waals surface area contributed by atoms with Crippen LogP contribution in [0.3, 0.4) is 0 Å². The third-order valence-corrected chi connectivity index (χ3v) is 3.09. The van der Waals surface area contributed by atoms with Gasteiger partial charge in [-0.15, -0.1) is 0 Å². The van der Waals surface area contributed by atoms with E-state index in [1.807, 2.05) is 18.2 Å². The number of hydrogen-bond acceptors (Lipinski definition) is 3. The van der Waals surface area contributed by atoms with Gasteiger partial charge in [0.05, 0.1) is 11.3 Å². The van der Waals surface area contributed by atoms with E-state index >= 15 is 0 Å². The van der Waals surface area contributed by atoms with Gasteiger partial charge >= 0.3 is 0 Å². The summed E-state index contributed by atoms with van der Waals surface area (Å²) >= 11 is 0. The van der Waals surface area contributed by atoms with Gasteiger partial charge < -0.3 is 0 Å². The van der Waals surface area contributed by atoms with Crippen LogP contribution in [0.15, 0.2) is 30.0 Å². The lowest BCUT2D eigenvalue weighted by molar-refractivity contribution is -0.118. The second kappa shape index (κ2) is 5.40. The third-order valence-electron chi connectivity index (χ3n) is 3.09. The standard InChI is InChI=1S/C14H14N2O/c15-10-12(9-13-7-3-4-8-16-13)14(17)11-5-1-2-6-11/h3-4,7-9,11H,1-2,5-6H2. The van der Waals surface area contributed by atoms with Gasteiger partial charge in [0.15, 0.2) is 5.78 Å². The second-order valence-corrected chi connectivity index (χ2v) is 4.27. The number of pyridine rings is 1. The van der Waals surface area contributed by atoms with E-state index in [0.29, 0.717) is 5.69 Å². The maximum absolute atomic E-state index is 12.1. The number of hydrogen-bond donors (Lipinski definition) is 0. The Morgan fingerprint density at radius 1 is 1.41 bits per heavy atom. The fourth-order valence-electron chi connectivity index (χ4n) is 2.18. The summed E-state index contributed by atoms with van der Waals surface area (Å²) in [5, 5.41) is 9.05. The van der Waals surface area contributed by atoms with Crippen molar-refractivity contribution in [3.05, 3.63) is 35.7 Å². The number of allylic oxidation sites excluding steroid dienone is 1. The maximum atomic E-state index is 12.1. The third kappa shape index (κ3) is 2.79. The molecule has 1 aromatic heterocycles. The van der Waals surface area contributed by atoms with Gasteiger partial charge in [-0.2, -0.15) is 5.26 Å². The molecule has 0 N–H and O–H groups in total. The van der Waals surface area contributed by atoms with Gasteiger partial charge in [-0.25, -0.2) is 0 Å². The van der Waals surface area contributed by atoms with Crippen molar-refractivity contribution in [2.24, 2.45) is 5.92 Å². The molecule has 0 unspecified atom stereocenters. The number of aromatic nitrogens is 1. The topological polar surface area (TPSA) is 53.8 Å². The molecule has 0 amide bonds. The summed E-state index contributed by atoms with van der Waals surface area (Å²) in [5.41, 5.74) is 0.894. The first-order valence-electron chi connectivity index (χ1n) is 5.88. The van der Waals surface area contributed by atoms with Crippen LogP contribution in [0.1, 0.15) is 31.4 Å². The van der Waals surface area contributed by atoms with Gasteiger partial charge in [-0.1, -0.05) is 18.9 Å². The van der Waals surface area contributed by atoms with Crippen LogP contribution in [0.5, 0.6) is 0 Å². The van der Waals surface area contributed by atoms with E-state index in [-0.39, 0.29) is 17.3 Å². The molecular weight excluding hydrogens is 212 g/mol. The molecule has 0 aromatic carbocycles. The van der Waals surface area contributed by atoms with Crippen LogP contribution in [0, 0.1) is 17.2 Å². The van der Waals surface area contributed by atoms with Gasteiger partial charge in [0.25, 0.3) is 0 Å². The number of rotatable bonds is 3. The normalized spacial score (nSPS) is 16.8. The highest BCUT2D eigenvalue weighted by Crippen LogP contribution is 2.27. The molecule has 0 aliphatic heterocycles. The molecule has 1 saturated carbocycles. The van der Waals surface area contributed by atoms with Crippen LogP contribution < -0.4 is 0 Å². The van der Waals surface area contributed by atoms with E-state index in [4.69, 9.17) is 5.26 Å². The highest BCUT2D eigenvalue weighted by atomic mass is 16.1. The summed E-state index contributed by atoms with van der Waals surface area (Å²) < 4.78 is 0. The SMILES string of the molecule is N#CC(=Cc1ccccn1)C(=O)C1CCCC1. The summed E-state index contributed by atoms with van der Waals surface area (Å²) in [4.78, 5) is 16.2. The molecule has 1 heterocycles. The first-order chi connectivity index (χ1) is 8.31. The van der Waals surface area contributed by atoms with Crippen molar-refractivity contribution >= 4 is 11.9 Å². The lowest BCUT2D eigenvalue weighted by Crippen LogP contribution is -2.12. The van der Waals surface area contributed by atoms with Crippen LogP contribution in [-0.4, -0.2) is 10.8 Å². The molecule has 0 saturated heterocycles. The highest BCUT2D eigenvalue weighted by Gasteiger charge is 2.25. The Kier molecular flexibility index (Phi) is 3.66. The average Bonchev–Trinajstić information content (AvgIpc) is 2.90. The first-order valence-corrected chi connectivity index (χ1v) is 5.88. The van der Waals surface area contributed by atoms with Crippen molar-refractivity contribution in [3.63, 3.8) is 0 Å². The van der Waals surface area contributed by atoms with Crippen molar-refractivity contribution in [2.75, 3.05) is 0 Å². The van der Waals surface area contributed by atoms with E-state index in [0.717, 1.165) is 25.7 Å². The molecule has 17 heavy (non-hydrogen) atoms. The van der Waals surface area contributed by atoms with E-state index in [1.165, 1.54) is 0 Å². The molecule has 1 aromatic rings. The highest BCUT2D eigenvalue weighted by molar-refractivity contribution is 6.04. The lowest BCUT2D eigenvalue weighted by Gasteiger charge is -2.05. The molecule has 0 atom stereocenters. The van der Waals surface area contributed by atoms with Gasteiger partial charge in [-0.3, -0.25) is 9.78 Å². The van der Waals surface area contributed by atoms with Crippen molar-refractivity contribution in [1.29, 1.82) is 5.26 Å². The minimum atomic E-state index is -0.0179. The zero-order valence-electron chi connectivity index (χ0n) is 9.60. The number of nitrogens with zero attached hydrogens (tertiary/aromatic N) is 2. The molecule has 3 nitrogen and oxygen atoms in total. The van der Waals surface area contributed by atoms with Crippen LogP contribution in [-0.2, 0) is 4.79 Å². The van der Waals surface area contributed by atoms with E-state index in [1.54, 1.807) is 18.3 Å². The number of carbonyl (C=O) groups is 1. The first kappa shape index (κ1) is 11.5. The molecular formula is C14H14N2O. The Bertz CT molecular complexity index is 465. The van der Waals surface area contributed by atoms with Gasteiger partial charge in [0.1, 0.15) is 6.07 Å². The molecule has 1 aliphatic rings. The Balaban J connectivity index is 2.19. The fraction of sp³-hybridized carbons (Fsp3) is 0.357. The smallest absolute Gasteiger partial charge is 0.176 e. The van der Waals surface area contributed by atoms with E-state index in [9.17, 15) is 4.79 Å². The predicted octanol–water partition coefficient (Wildman–Crippen LogP) is 2.75. The summed E-state index contributed by atoms with van der Waals surface area (Å²) in [7, 11) is 0. The Labute approximate surface area is 101 Å². The number of Topliss-reactive ketones (excluding diaryl/α,β-unsaturated/α-hetero) is 1. The number of ketones is 1. The Hall–Kier alpha value is -1.95. The molecule has 3 heteroatoms. The average molecular weight is 226 g/mol. The van der Waals surface area contributed by atoms with Crippen molar-refractivity contribution in [3.8, 4) is 6.07 Å². The van der Waals surface area contributed by atoms with Crippen LogP contribution in [0.2, 0.25) is 0 Å². The molecule has 0 radical (unpaired) electrons. The number of nitriles is 1. The Morgan fingerprint density at radius 2 is 2.18 bits per heavy atom. The summed E-state index contributed by atoms with van der Waals surface area (Å²) in [6, 6.07) is 7.44. The minimum absolute atomic E-state index is 0.0179. The van der Waals surface area contributed by atoms with E-state index < -0.39 is 0 Å². The summed E-state index contributed by atoms with van der Waals surface area (Å²) in [5.74, 6) is 0.0280. The molecule has 2 rings (SSSR count). The minimum Gasteiger partial charge on any atom is -0.293 e. The van der Waals surface area contributed by atoms with Crippen molar-refractivity contribution in [1.82, 2.24) is 4.98 Å². The maximum Gasteiger partial charge on any atom is 0.176 e. The van der Waals surface area contributed by atoms with E-state index in [2.05, 4.69) is 4.98 Å². The quantitative estimate of drug-likeness (QED) is 0.588. The summed E-state index contributed by atoms with van der Waals surface area (Å²) in [6.07, 6.45) is 7.26. The second-order valence-electron chi connectivity index (χ2n) is 4.27. The van der Waals surface area contributed by atoms with Crippen molar-refractivity contribution in [2.45, 2.75) is 25.7 Å². The van der Waals surface area contributed by atoms with Crippen LogP contribution >= 0.6 is 0 Å². The lowest BCUT2D eigenvalue weighted by atomic mass is 9.96. The monoisotopic (exact) mass is 226 g/mol. The summed E-state index contributed by atoms with van der Waals surface area (Å²) in [6.45, 7) is 0. The number of carbonyl (C=O) groups excluding carboxylic acids is 1. The zero-order chi connectivity index (χ0) is 12.1. The molecule has 86 valence electrons. The predicted molar refractivity (Wildman–Crippen MR) is 64.8 cm³/mol. The largest absolute Gasteiger partial charge is 0.293 e. The van der Waals surface area contributed by atoms with Crippen molar-refractivity contribution < 1.29 is 4.79 Å².